The van der Waals surface area contributed by atoms with Crippen LogP contribution in [0.2, 0.25) is 0 Å². The van der Waals surface area contributed by atoms with Crippen molar-refractivity contribution in [2.75, 3.05) is 6.61 Å². The summed E-state index contributed by atoms with van der Waals surface area (Å²) >= 11 is 0. The van der Waals surface area contributed by atoms with Gasteiger partial charge in [-0.2, -0.15) is 0 Å². The molecule has 4 heteroatoms. The van der Waals surface area contributed by atoms with Crippen LogP contribution in [-0.2, 0) is 4.79 Å². The zero-order valence-corrected chi connectivity index (χ0v) is 12.2. The van der Waals surface area contributed by atoms with Crippen molar-refractivity contribution in [3.63, 3.8) is 0 Å². The van der Waals surface area contributed by atoms with E-state index < -0.39 is 11.5 Å². The zero-order valence-electron chi connectivity index (χ0n) is 12.2. The standard InChI is InChI=1S/C16H23NO3/c1-12-4-8-14(9-5-12)20-11-3-10-16(2,15(18)19)17-13-6-7-13/h4-5,8-9,13,17H,3,6-7,10-11H2,1-2H3,(H,18,19). The van der Waals surface area contributed by atoms with E-state index in [1.165, 1.54) is 5.56 Å². The van der Waals surface area contributed by atoms with Gasteiger partial charge in [0.1, 0.15) is 11.3 Å². The SMILES string of the molecule is Cc1ccc(OCCCC(C)(NC2CC2)C(=O)O)cc1. The number of aryl methyl sites for hydroxylation is 1. The highest BCUT2D eigenvalue weighted by atomic mass is 16.5. The Bertz CT molecular complexity index is 453. The van der Waals surface area contributed by atoms with Gasteiger partial charge in [0.2, 0.25) is 0 Å². The monoisotopic (exact) mass is 277 g/mol. The fourth-order valence-electron chi connectivity index (χ4n) is 2.17. The molecule has 1 aliphatic carbocycles. The van der Waals surface area contributed by atoms with Crippen LogP contribution in [0.1, 0.15) is 38.2 Å². The first-order valence-electron chi connectivity index (χ1n) is 7.20. The minimum absolute atomic E-state index is 0.383. The summed E-state index contributed by atoms with van der Waals surface area (Å²) in [5.41, 5.74) is 0.363. The lowest BCUT2D eigenvalue weighted by molar-refractivity contribution is -0.144. The van der Waals surface area contributed by atoms with Crippen molar-refractivity contribution in [3.8, 4) is 5.75 Å². The summed E-state index contributed by atoms with van der Waals surface area (Å²) in [6.07, 6.45) is 3.46. The summed E-state index contributed by atoms with van der Waals surface area (Å²) in [5, 5.41) is 12.6. The van der Waals surface area contributed by atoms with E-state index in [1.807, 2.05) is 31.2 Å². The third-order valence-corrected chi connectivity index (χ3v) is 3.68. The van der Waals surface area contributed by atoms with Gasteiger partial charge < -0.3 is 9.84 Å². The van der Waals surface area contributed by atoms with Gasteiger partial charge in [0.05, 0.1) is 6.61 Å². The Kier molecular flexibility index (Phi) is 4.65. The Morgan fingerprint density at radius 3 is 2.60 bits per heavy atom. The predicted octanol–water partition coefficient (Wildman–Crippen LogP) is 2.75. The Morgan fingerprint density at radius 1 is 1.40 bits per heavy atom. The molecule has 0 radical (unpaired) electrons. The van der Waals surface area contributed by atoms with E-state index in [9.17, 15) is 9.90 Å². The normalized spacial score (nSPS) is 17.5. The molecule has 1 saturated carbocycles. The van der Waals surface area contributed by atoms with Crippen molar-refractivity contribution in [2.24, 2.45) is 0 Å². The number of rotatable bonds is 8. The molecule has 110 valence electrons. The number of nitrogens with one attached hydrogen (secondary N) is 1. The third kappa shape index (κ3) is 4.23. The number of ether oxygens (including phenoxy) is 1. The van der Waals surface area contributed by atoms with E-state index >= 15 is 0 Å². The number of carbonyl (C=O) groups is 1. The van der Waals surface area contributed by atoms with E-state index in [0.717, 1.165) is 25.0 Å². The third-order valence-electron chi connectivity index (χ3n) is 3.68. The summed E-state index contributed by atoms with van der Waals surface area (Å²) in [4.78, 5) is 11.4. The van der Waals surface area contributed by atoms with Crippen LogP contribution in [0.25, 0.3) is 0 Å². The molecule has 2 rings (SSSR count). The van der Waals surface area contributed by atoms with Crippen LogP contribution in [0.5, 0.6) is 5.75 Å². The lowest BCUT2D eigenvalue weighted by Gasteiger charge is -2.26. The molecule has 2 N–H and O–H groups in total. The summed E-state index contributed by atoms with van der Waals surface area (Å²) in [6.45, 7) is 4.34. The molecule has 1 unspecified atom stereocenters. The maximum Gasteiger partial charge on any atom is 0.323 e. The van der Waals surface area contributed by atoms with Crippen LogP contribution in [0, 0.1) is 6.92 Å². The van der Waals surface area contributed by atoms with Crippen molar-refractivity contribution < 1.29 is 14.6 Å². The number of carboxylic acid groups (broad SMARTS) is 1. The first kappa shape index (κ1) is 14.9. The van der Waals surface area contributed by atoms with Crippen molar-refractivity contribution >= 4 is 5.97 Å². The van der Waals surface area contributed by atoms with Gasteiger partial charge in [-0.1, -0.05) is 17.7 Å². The van der Waals surface area contributed by atoms with E-state index in [2.05, 4.69) is 5.32 Å². The number of benzene rings is 1. The maximum atomic E-state index is 11.4. The van der Waals surface area contributed by atoms with Crippen LogP contribution < -0.4 is 10.1 Å². The second kappa shape index (κ2) is 6.27. The van der Waals surface area contributed by atoms with Gasteiger partial charge >= 0.3 is 5.97 Å². The Hall–Kier alpha value is -1.55. The molecule has 1 fully saturated rings. The average Bonchev–Trinajstić information content (AvgIpc) is 3.20. The second-order valence-electron chi connectivity index (χ2n) is 5.82. The van der Waals surface area contributed by atoms with Gasteiger partial charge in [-0.15, -0.1) is 0 Å². The molecule has 0 bridgehead atoms. The van der Waals surface area contributed by atoms with Gasteiger partial charge in [0.25, 0.3) is 0 Å². The van der Waals surface area contributed by atoms with E-state index in [1.54, 1.807) is 6.92 Å². The average molecular weight is 277 g/mol. The molecule has 0 aromatic heterocycles. The molecular formula is C16H23NO3. The van der Waals surface area contributed by atoms with Gasteiger partial charge in [-0.3, -0.25) is 10.1 Å². The second-order valence-corrected chi connectivity index (χ2v) is 5.82. The summed E-state index contributed by atoms with van der Waals surface area (Å²) in [7, 11) is 0. The molecular weight excluding hydrogens is 254 g/mol. The quantitative estimate of drug-likeness (QED) is 0.717. The number of aliphatic carboxylic acids is 1. The highest BCUT2D eigenvalue weighted by Gasteiger charge is 2.37. The molecule has 20 heavy (non-hydrogen) atoms. The van der Waals surface area contributed by atoms with Crippen LogP contribution in [0.15, 0.2) is 24.3 Å². The Morgan fingerprint density at radius 2 is 2.05 bits per heavy atom. The highest BCUT2D eigenvalue weighted by molar-refractivity contribution is 5.78. The van der Waals surface area contributed by atoms with Crippen LogP contribution >= 0.6 is 0 Å². The molecule has 4 nitrogen and oxygen atoms in total. The topological polar surface area (TPSA) is 58.6 Å². The minimum Gasteiger partial charge on any atom is -0.494 e. The van der Waals surface area contributed by atoms with E-state index in [0.29, 0.717) is 19.1 Å². The lowest BCUT2D eigenvalue weighted by Crippen LogP contribution is -2.50. The van der Waals surface area contributed by atoms with Gasteiger partial charge in [0, 0.05) is 6.04 Å². The predicted molar refractivity (Wildman–Crippen MR) is 78.1 cm³/mol. The fraction of sp³-hybridized carbons (Fsp3) is 0.562. The Balaban J connectivity index is 1.75. The minimum atomic E-state index is -0.836. The molecule has 1 aliphatic rings. The fourth-order valence-corrected chi connectivity index (χ4v) is 2.17. The molecule has 1 aromatic carbocycles. The van der Waals surface area contributed by atoms with E-state index in [-0.39, 0.29) is 0 Å². The van der Waals surface area contributed by atoms with Crippen molar-refractivity contribution in [1.82, 2.24) is 5.32 Å². The number of carboxylic acids is 1. The molecule has 0 spiro atoms. The summed E-state index contributed by atoms with van der Waals surface area (Å²) in [6, 6.07) is 8.27. The molecule has 0 aliphatic heterocycles. The molecule has 1 aromatic rings. The Labute approximate surface area is 120 Å². The number of hydrogen-bond acceptors (Lipinski definition) is 3. The summed E-state index contributed by atoms with van der Waals surface area (Å²) in [5.74, 6) is 0.0579. The molecule has 1 atom stereocenters. The maximum absolute atomic E-state index is 11.4. The van der Waals surface area contributed by atoms with Crippen LogP contribution in [0.3, 0.4) is 0 Å². The lowest BCUT2D eigenvalue weighted by atomic mass is 9.96. The molecule has 0 saturated heterocycles. The number of hydrogen-bond donors (Lipinski definition) is 2. The van der Waals surface area contributed by atoms with Gasteiger partial charge in [0.15, 0.2) is 0 Å². The zero-order chi connectivity index (χ0) is 14.6. The molecule has 0 heterocycles. The first-order valence-corrected chi connectivity index (χ1v) is 7.20. The largest absolute Gasteiger partial charge is 0.494 e. The molecule has 0 amide bonds. The van der Waals surface area contributed by atoms with Crippen molar-refractivity contribution in [2.45, 2.75) is 51.1 Å². The van der Waals surface area contributed by atoms with Crippen molar-refractivity contribution in [3.05, 3.63) is 29.8 Å². The van der Waals surface area contributed by atoms with Crippen molar-refractivity contribution in [1.29, 1.82) is 0 Å². The van der Waals surface area contributed by atoms with E-state index in [4.69, 9.17) is 4.74 Å². The highest BCUT2D eigenvalue weighted by Crippen LogP contribution is 2.25. The van der Waals surface area contributed by atoms with Gasteiger partial charge in [-0.05, 0) is 51.7 Å². The van der Waals surface area contributed by atoms with Gasteiger partial charge in [-0.25, -0.2) is 0 Å². The first-order chi connectivity index (χ1) is 9.49. The smallest absolute Gasteiger partial charge is 0.323 e. The summed E-state index contributed by atoms with van der Waals surface area (Å²) < 4.78 is 5.64. The van der Waals surface area contributed by atoms with Crippen LogP contribution in [-0.4, -0.2) is 29.3 Å². The van der Waals surface area contributed by atoms with Crippen LogP contribution in [0.4, 0.5) is 0 Å².